The third kappa shape index (κ3) is 5.54. The lowest BCUT2D eigenvalue weighted by Gasteiger charge is -2.25. The average Bonchev–Trinajstić information content (AvgIpc) is 3.50. The van der Waals surface area contributed by atoms with Crippen molar-refractivity contribution in [1.29, 1.82) is 0 Å². The summed E-state index contributed by atoms with van der Waals surface area (Å²) in [5.74, 6) is 0.127. The van der Waals surface area contributed by atoms with E-state index in [1.165, 1.54) is 12.1 Å². The van der Waals surface area contributed by atoms with Crippen LogP contribution in [0.3, 0.4) is 0 Å². The first kappa shape index (κ1) is 26.2. The number of likely N-dealkylation sites (tertiary alicyclic amines) is 2. The molecule has 198 valence electrons. The lowest BCUT2D eigenvalue weighted by atomic mass is 10.0. The fourth-order valence-electron chi connectivity index (χ4n) is 5.69. The first-order valence-electron chi connectivity index (χ1n) is 12.9. The molecular weight excluding hydrogens is 505 g/mol. The molecule has 1 N–H and O–H groups in total. The smallest absolute Gasteiger partial charge is 0.258 e. The molecule has 5 rings (SSSR count). The number of carbonyl (C=O) groups excluding carboxylic acids is 2. The van der Waals surface area contributed by atoms with E-state index in [-0.39, 0.29) is 28.4 Å². The highest BCUT2D eigenvalue weighted by Gasteiger charge is 2.42. The minimum Gasteiger partial charge on any atom is -0.496 e. The van der Waals surface area contributed by atoms with E-state index >= 15 is 0 Å². The van der Waals surface area contributed by atoms with Crippen molar-refractivity contribution in [2.75, 3.05) is 39.8 Å². The Morgan fingerprint density at radius 1 is 0.974 bits per heavy atom. The summed E-state index contributed by atoms with van der Waals surface area (Å²) in [7, 11) is 1.56. The van der Waals surface area contributed by atoms with Crippen LogP contribution in [-0.4, -0.2) is 61.4 Å². The van der Waals surface area contributed by atoms with E-state index in [4.69, 9.17) is 16.3 Å². The number of halogens is 2. The Morgan fingerprint density at radius 2 is 1.66 bits per heavy atom. The first-order chi connectivity index (χ1) is 18.4. The Morgan fingerprint density at radius 3 is 2.34 bits per heavy atom. The Kier molecular flexibility index (Phi) is 7.95. The number of amides is 2. The van der Waals surface area contributed by atoms with Crippen LogP contribution < -0.4 is 10.1 Å². The molecule has 3 aromatic rings. The molecule has 8 heteroatoms. The first-order valence-corrected chi connectivity index (χ1v) is 13.3. The molecule has 0 bridgehead atoms. The summed E-state index contributed by atoms with van der Waals surface area (Å²) >= 11 is 6.13. The monoisotopic (exact) mass is 535 g/mol. The third-order valence-corrected chi connectivity index (χ3v) is 7.93. The van der Waals surface area contributed by atoms with E-state index < -0.39 is 5.82 Å². The zero-order valence-corrected chi connectivity index (χ0v) is 22.0. The summed E-state index contributed by atoms with van der Waals surface area (Å²) in [6.07, 6.45) is 0.748. The molecule has 2 fully saturated rings. The molecule has 3 aromatic carbocycles. The molecule has 0 spiro atoms. The van der Waals surface area contributed by atoms with Gasteiger partial charge in [0, 0.05) is 32.7 Å². The van der Waals surface area contributed by atoms with Crippen LogP contribution >= 0.6 is 11.6 Å². The molecule has 2 aliphatic heterocycles. The topological polar surface area (TPSA) is 61.9 Å². The van der Waals surface area contributed by atoms with Crippen LogP contribution in [0.2, 0.25) is 5.02 Å². The Hall–Kier alpha value is -3.42. The van der Waals surface area contributed by atoms with Gasteiger partial charge in [0.05, 0.1) is 29.3 Å². The molecule has 0 aromatic heterocycles. The molecular formula is C30H31ClFN3O3. The number of carbonyl (C=O) groups is 2. The summed E-state index contributed by atoms with van der Waals surface area (Å²) < 4.78 is 19.7. The maximum absolute atomic E-state index is 14.3. The van der Waals surface area contributed by atoms with Crippen molar-refractivity contribution in [2.45, 2.75) is 12.5 Å². The Labute approximate surface area is 227 Å². The van der Waals surface area contributed by atoms with Gasteiger partial charge in [-0.15, -0.1) is 0 Å². The van der Waals surface area contributed by atoms with Gasteiger partial charge in [-0.1, -0.05) is 60.1 Å². The van der Waals surface area contributed by atoms with Crippen molar-refractivity contribution in [3.8, 4) is 5.75 Å². The van der Waals surface area contributed by atoms with Crippen molar-refractivity contribution in [3.63, 3.8) is 0 Å². The molecule has 0 saturated carbocycles. The standard InChI is InChI=1S/C30H31ClFN3O3/c1-38-27-13-6-5-10-23(27)29(36)33-26(20-8-3-2-4-9-20)14-15-34-16-21-18-35(19-22(21)17-34)30(37)28-24(31)11-7-12-25(28)32/h2-13,21-22,26H,14-19H2,1H3,(H,33,36)/t21?,22?,26-/m0/s1. The van der Waals surface area contributed by atoms with Crippen LogP contribution in [0, 0.1) is 17.7 Å². The number of fused-ring (bicyclic) bond motifs is 1. The lowest BCUT2D eigenvalue weighted by molar-refractivity contribution is 0.0769. The van der Waals surface area contributed by atoms with Crippen LogP contribution in [0.4, 0.5) is 4.39 Å². The summed E-state index contributed by atoms with van der Waals surface area (Å²) in [5.41, 5.74) is 1.52. The number of para-hydroxylation sites is 1. The van der Waals surface area contributed by atoms with Crippen molar-refractivity contribution in [2.24, 2.45) is 11.8 Å². The number of nitrogens with one attached hydrogen (secondary N) is 1. The van der Waals surface area contributed by atoms with Gasteiger partial charge in [-0.3, -0.25) is 9.59 Å². The molecule has 0 radical (unpaired) electrons. The average molecular weight is 536 g/mol. The second kappa shape index (κ2) is 11.5. The molecule has 2 amide bonds. The fourth-order valence-corrected chi connectivity index (χ4v) is 5.93. The number of benzene rings is 3. The largest absolute Gasteiger partial charge is 0.496 e. The maximum atomic E-state index is 14.3. The molecule has 2 saturated heterocycles. The van der Waals surface area contributed by atoms with Gasteiger partial charge in [-0.2, -0.15) is 0 Å². The van der Waals surface area contributed by atoms with Gasteiger partial charge >= 0.3 is 0 Å². The SMILES string of the molecule is COc1ccccc1C(=O)N[C@@H](CCN1CC2CN(C(=O)c3c(F)cccc3Cl)CC2C1)c1ccccc1. The van der Waals surface area contributed by atoms with Gasteiger partial charge < -0.3 is 19.9 Å². The van der Waals surface area contributed by atoms with Gasteiger partial charge in [0.2, 0.25) is 0 Å². The summed E-state index contributed by atoms with van der Waals surface area (Å²) in [5, 5.41) is 3.35. The van der Waals surface area contributed by atoms with Crippen molar-refractivity contribution in [1.82, 2.24) is 15.1 Å². The second-order valence-electron chi connectivity index (χ2n) is 10.0. The van der Waals surface area contributed by atoms with E-state index in [1.54, 1.807) is 30.2 Å². The molecule has 2 heterocycles. The van der Waals surface area contributed by atoms with E-state index in [2.05, 4.69) is 10.2 Å². The number of rotatable bonds is 8. The summed E-state index contributed by atoms with van der Waals surface area (Å²) in [6, 6.07) is 21.4. The lowest BCUT2D eigenvalue weighted by Crippen LogP contribution is -2.35. The number of ether oxygens (including phenoxy) is 1. The molecule has 2 unspecified atom stereocenters. The predicted octanol–water partition coefficient (Wildman–Crippen LogP) is 5.05. The maximum Gasteiger partial charge on any atom is 0.258 e. The van der Waals surface area contributed by atoms with Crippen LogP contribution in [0.5, 0.6) is 5.75 Å². The van der Waals surface area contributed by atoms with Crippen molar-refractivity contribution >= 4 is 23.4 Å². The van der Waals surface area contributed by atoms with Gasteiger partial charge in [0.1, 0.15) is 11.6 Å². The summed E-state index contributed by atoms with van der Waals surface area (Å²) in [6.45, 7) is 3.73. The number of nitrogens with zero attached hydrogens (tertiary/aromatic N) is 2. The van der Waals surface area contributed by atoms with Gasteiger partial charge in [0.25, 0.3) is 11.8 Å². The highest BCUT2D eigenvalue weighted by Crippen LogP contribution is 2.34. The van der Waals surface area contributed by atoms with Crippen LogP contribution in [-0.2, 0) is 0 Å². The normalized spacial score (nSPS) is 19.7. The number of hydrogen-bond acceptors (Lipinski definition) is 4. The molecule has 6 nitrogen and oxygen atoms in total. The fraction of sp³-hybridized carbons (Fsp3) is 0.333. The predicted molar refractivity (Wildman–Crippen MR) is 145 cm³/mol. The van der Waals surface area contributed by atoms with Gasteiger partial charge in [-0.05, 0) is 48.1 Å². The van der Waals surface area contributed by atoms with E-state index in [1.807, 2.05) is 42.5 Å². The van der Waals surface area contributed by atoms with Crippen LogP contribution in [0.25, 0.3) is 0 Å². The number of hydrogen-bond donors (Lipinski definition) is 1. The highest BCUT2D eigenvalue weighted by molar-refractivity contribution is 6.33. The molecule has 38 heavy (non-hydrogen) atoms. The molecule has 0 aliphatic carbocycles. The summed E-state index contributed by atoms with van der Waals surface area (Å²) in [4.78, 5) is 30.3. The van der Waals surface area contributed by atoms with Gasteiger partial charge in [0.15, 0.2) is 0 Å². The van der Waals surface area contributed by atoms with E-state index in [0.717, 1.165) is 31.6 Å². The Balaban J connectivity index is 1.20. The van der Waals surface area contributed by atoms with Crippen molar-refractivity contribution < 1.29 is 18.7 Å². The minimum absolute atomic E-state index is 0.0394. The second-order valence-corrected chi connectivity index (χ2v) is 10.4. The zero-order valence-electron chi connectivity index (χ0n) is 21.3. The Bertz CT molecular complexity index is 1270. The molecule has 3 atom stereocenters. The van der Waals surface area contributed by atoms with E-state index in [0.29, 0.717) is 36.2 Å². The van der Waals surface area contributed by atoms with Crippen LogP contribution in [0.15, 0.2) is 72.8 Å². The van der Waals surface area contributed by atoms with E-state index in [9.17, 15) is 14.0 Å². The minimum atomic E-state index is -0.580. The van der Waals surface area contributed by atoms with Gasteiger partial charge in [-0.25, -0.2) is 4.39 Å². The molecule has 2 aliphatic rings. The number of methoxy groups -OCH3 is 1. The van der Waals surface area contributed by atoms with Crippen LogP contribution in [0.1, 0.15) is 38.7 Å². The third-order valence-electron chi connectivity index (χ3n) is 7.62. The quantitative estimate of drug-likeness (QED) is 0.438. The van der Waals surface area contributed by atoms with Crippen molar-refractivity contribution in [3.05, 3.63) is 100 Å². The zero-order chi connectivity index (χ0) is 26.6. The highest BCUT2D eigenvalue weighted by atomic mass is 35.5.